The molecule has 98 valence electrons. The van der Waals surface area contributed by atoms with E-state index < -0.39 is 12.2 Å². The summed E-state index contributed by atoms with van der Waals surface area (Å²) in [4.78, 5) is 11.0. The maximum atomic E-state index is 13.1. The smallest absolute Gasteiger partial charge is 0.288 e. The zero-order valence-electron chi connectivity index (χ0n) is 9.17. The second-order valence-electron chi connectivity index (χ2n) is 3.97. The van der Waals surface area contributed by atoms with Gasteiger partial charge >= 0.3 is 6.18 Å². The minimum atomic E-state index is -4.44. The van der Waals surface area contributed by atoms with E-state index in [0.717, 1.165) is 5.01 Å². The summed E-state index contributed by atoms with van der Waals surface area (Å²) < 4.78 is 39.9. The van der Waals surface area contributed by atoms with E-state index >= 15 is 0 Å². The fourth-order valence-corrected chi connectivity index (χ4v) is 2.14. The molecule has 2 rings (SSSR count). The Bertz CT molecular complexity index is 447. The summed E-state index contributed by atoms with van der Waals surface area (Å²) in [5.74, 6) is -0.388. The molecule has 0 bridgehead atoms. The van der Waals surface area contributed by atoms with E-state index in [9.17, 15) is 18.0 Å². The molecule has 1 atom stereocenters. The van der Waals surface area contributed by atoms with E-state index in [0.29, 0.717) is 4.47 Å². The molecule has 1 aliphatic heterocycles. The van der Waals surface area contributed by atoms with Gasteiger partial charge in [0.2, 0.25) is 5.91 Å². The third-order valence-electron chi connectivity index (χ3n) is 2.66. The van der Waals surface area contributed by atoms with E-state index in [2.05, 4.69) is 21.4 Å². The highest BCUT2D eigenvalue weighted by atomic mass is 79.9. The fraction of sp³-hybridized carbons (Fsp3) is 0.364. The van der Waals surface area contributed by atoms with Crippen molar-refractivity contribution in [2.45, 2.75) is 18.6 Å². The predicted octanol–water partition coefficient (Wildman–Crippen LogP) is 2.79. The van der Waals surface area contributed by atoms with Crippen molar-refractivity contribution in [3.8, 4) is 0 Å². The topological polar surface area (TPSA) is 32.3 Å². The van der Waals surface area contributed by atoms with Crippen molar-refractivity contribution < 1.29 is 18.0 Å². The summed E-state index contributed by atoms with van der Waals surface area (Å²) in [6.45, 7) is 0.0546. The molecule has 7 heteroatoms. The fourth-order valence-electron chi connectivity index (χ4n) is 1.88. The molecule has 1 N–H and O–H groups in total. The molecule has 0 aromatic heterocycles. The van der Waals surface area contributed by atoms with Crippen LogP contribution < -0.4 is 5.43 Å². The van der Waals surface area contributed by atoms with Crippen LogP contribution in [0.4, 0.5) is 13.2 Å². The van der Waals surface area contributed by atoms with Crippen LogP contribution in [0.25, 0.3) is 0 Å². The number of amides is 1. The van der Waals surface area contributed by atoms with Crippen LogP contribution in [-0.4, -0.2) is 23.6 Å². The predicted molar refractivity (Wildman–Crippen MR) is 62.4 cm³/mol. The number of hydrazine groups is 1. The van der Waals surface area contributed by atoms with Crippen molar-refractivity contribution >= 4 is 21.8 Å². The lowest BCUT2D eigenvalue weighted by atomic mass is 10.1. The normalized spacial score (nSPS) is 18.8. The lowest BCUT2D eigenvalue weighted by Gasteiger charge is -2.29. The SMILES string of the molecule is O=C1CCN(C(c2ccc(Br)cc2)C(F)(F)F)N1. The van der Waals surface area contributed by atoms with Gasteiger partial charge in [-0.15, -0.1) is 0 Å². The number of carbonyl (C=O) groups is 1. The van der Waals surface area contributed by atoms with E-state index in [1.165, 1.54) is 12.1 Å². The molecule has 1 fully saturated rings. The maximum Gasteiger partial charge on any atom is 0.409 e. The molecule has 1 heterocycles. The molecule has 0 aliphatic carbocycles. The van der Waals surface area contributed by atoms with Crippen LogP contribution in [0.1, 0.15) is 18.0 Å². The lowest BCUT2D eigenvalue weighted by molar-refractivity contribution is -0.191. The summed E-state index contributed by atoms with van der Waals surface area (Å²) in [5.41, 5.74) is 2.34. The van der Waals surface area contributed by atoms with Gasteiger partial charge in [-0.3, -0.25) is 10.2 Å². The Morgan fingerprint density at radius 3 is 2.33 bits per heavy atom. The van der Waals surface area contributed by atoms with Gasteiger partial charge in [0.1, 0.15) is 6.04 Å². The molecule has 1 amide bonds. The Morgan fingerprint density at radius 2 is 1.89 bits per heavy atom. The molecule has 1 aromatic carbocycles. The average Bonchev–Trinajstić information content (AvgIpc) is 2.66. The Hall–Kier alpha value is -1.08. The molecule has 1 unspecified atom stereocenters. The summed E-state index contributed by atoms with van der Waals surface area (Å²) in [6, 6.07) is 4.08. The molecule has 0 radical (unpaired) electrons. The number of alkyl halides is 3. The number of rotatable bonds is 2. The van der Waals surface area contributed by atoms with Gasteiger partial charge < -0.3 is 0 Å². The first kappa shape index (κ1) is 13.4. The zero-order chi connectivity index (χ0) is 13.3. The van der Waals surface area contributed by atoms with Crippen molar-refractivity contribution in [1.82, 2.24) is 10.4 Å². The highest BCUT2D eigenvalue weighted by Gasteiger charge is 2.46. The maximum absolute atomic E-state index is 13.1. The van der Waals surface area contributed by atoms with Gasteiger partial charge in [-0.05, 0) is 17.7 Å². The third-order valence-corrected chi connectivity index (χ3v) is 3.18. The van der Waals surface area contributed by atoms with E-state index in [1.54, 1.807) is 12.1 Å². The highest BCUT2D eigenvalue weighted by Crippen LogP contribution is 2.38. The van der Waals surface area contributed by atoms with Crippen LogP contribution in [-0.2, 0) is 4.79 Å². The molecule has 18 heavy (non-hydrogen) atoms. The van der Waals surface area contributed by atoms with Crippen molar-refractivity contribution in [2.24, 2.45) is 0 Å². The second-order valence-corrected chi connectivity index (χ2v) is 4.89. The number of nitrogens with zero attached hydrogens (tertiary/aromatic N) is 1. The Morgan fingerprint density at radius 1 is 1.28 bits per heavy atom. The van der Waals surface area contributed by atoms with Gasteiger partial charge in [-0.25, -0.2) is 5.01 Å². The van der Waals surface area contributed by atoms with E-state index in [4.69, 9.17) is 0 Å². The molecule has 0 spiro atoms. The summed E-state index contributed by atoms with van der Waals surface area (Å²) in [7, 11) is 0. The number of hydrogen-bond donors (Lipinski definition) is 1. The number of halogens is 4. The van der Waals surface area contributed by atoms with Crippen LogP contribution in [0.2, 0.25) is 0 Å². The van der Waals surface area contributed by atoms with Crippen LogP contribution in [0.3, 0.4) is 0 Å². The largest absolute Gasteiger partial charge is 0.409 e. The number of carbonyl (C=O) groups excluding carboxylic acids is 1. The van der Waals surface area contributed by atoms with Crippen molar-refractivity contribution in [2.75, 3.05) is 6.54 Å². The van der Waals surface area contributed by atoms with Gasteiger partial charge in [0.15, 0.2) is 0 Å². The molecule has 1 saturated heterocycles. The van der Waals surface area contributed by atoms with Gasteiger partial charge in [-0.2, -0.15) is 13.2 Å². The Labute approximate surface area is 110 Å². The van der Waals surface area contributed by atoms with Crippen LogP contribution in [0.15, 0.2) is 28.7 Å². The average molecular weight is 323 g/mol. The van der Waals surface area contributed by atoms with Crippen molar-refractivity contribution in [1.29, 1.82) is 0 Å². The first-order valence-electron chi connectivity index (χ1n) is 5.26. The van der Waals surface area contributed by atoms with Crippen LogP contribution >= 0.6 is 15.9 Å². The third kappa shape index (κ3) is 2.84. The van der Waals surface area contributed by atoms with Gasteiger partial charge in [0.05, 0.1) is 0 Å². The second kappa shape index (κ2) is 4.89. The lowest BCUT2D eigenvalue weighted by Crippen LogP contribution is -2.43. The molecule has 1 aromatic rings. The monoisotopic (exact) mass is 322 g/mol. The van der Waals surface area contributed by atoms with E-state index in [-0.39, 0.29) is 24.4 Å². The van der Waals surface area contributed by atoms with Gasteiger partial charge in [0, 0.05) is 17.4 Å². The standard InChI is InChI=1S/C11H10BrF3N2O/c12-8-3-1-7(2-4-8)10(11(13,14)15)17-6-5-9(18)16-17/h1-4,10H,5-6H2,(H,16,18). The minimum absolute atomic E-state index is 0.0546. The Balaban J connectivity index is 2.31. The molecular formula is C11H10BrF3N2O. The first-order chi connectivity index (χ1) is 8.38. The number of hydrogen-bond acceptors (Lipinski definition) is 2. The van der Waals surface area contributed by atoms with Gasteiger partial charge in [-0.1, -0.05) is 28.1 Å². The molecular weight excluding hydrogens is 313 g/mol. The van der Waals surface area contributed by atoms with Crippen LogP contribution in [0.5, 0.6) is 0 Å². The highest BCUT2D eigenvalue weighted by molar-refractivity contribution is 9.10. The van der Waals surface area contributed by atoms with Crippen molar-refractivity contribution in [3.05, 3.63) is 34.3 Å². The number of nitrogens with one attached hydrogen (secondary N) is 1. The van der Waals surface area contributed by atoms with E-state index in [1.807, 2.05) is 0 Å². The summed E-state index contributed by atoms with van der Waals surface area (Å²) in [5, 5.41) is 0.936. The molecule has 3 nitrogen and oxygen atoms in total. The zero-order valence-corrected chi connectivity index (χ0v) is 10.8. The molecule has 1 aliphatic rings. The van der Waals surface area contributed by atoms with Gasteiger partial charge in [0.25, 0.3) is 0 Å². The Kier molecular flexibility index (Phi) is 3.63. The quantitative estimate of drug-likeness (QED) is 0.908. The number of benzene rings is 1. The van der Waals surface area contributed by atoms with Crippen LogP contribution in [0, 0.1) is 0 Å². The first-order valence-corrected chi connectivity index (χ1v) is 6.05. The summed E-state index contributed by atoms with van der Waals surface area (Å²) in [6.07, 6.45) is -4.35. The molecule has 0 saturated carbocycles. The summed E-state index contributed by atoms with van der Waals surface area (Å²) >= 11 is 3.17. The minimum Gasteiger partial charge on any atom is -0.288 e. The van der Waals surface area contributed by atoms with Crippen molar-refractivity contribution in [3.63, 3.8) is 0 Å².